The lowest BCUT2D eigenvalue weighted by atomic mass is 9.85. The summed E-state index contributed by atoms with van der Waals surface area (Å²) >= 11 is 0. The predicted molar refractivity (Wildman–Crippen MR) is 124 cm³/mol. The summed E-state index contributed by atoms with van der Waals surface area (Å²) in [4.78, 5) is 26.5. The van der Waals surface area contributed by atoms with Crippen molar-refractivity contribution in [1.29, 1.82) is 0 Å². The Labute approximate surface area is 195 Å². The topological polar surface area (TPSA) is 69.6 Å². The van der Waals surface area contributed by atoms with Crippen molar-refractivity contribution in [3.05, 3.63) is 101 Å². The molecule has 0 saturated carbocycles. The van der Waals surface area contributed by atoms with E-state index in [1.165, 1.54) is 0 Å². The highest BCUT2D eigenvalue weighted by atomic mass is 19.1. The molecule has 2 amide bonds. The number of carbonyl (C=O) groups excluding carboxylic acids is 2. The molecule has 3 aromatic carbocycles. The first-order valence-electron chi connectivity index (χ1n) is 11.1. The number of fused-ring (bicyclic) bond motifs is 1. The number of hydrogen-bond acceptors (Lipinski definition) is 3. The van der Waals surface area contributed by atoms with Crippen LogP contribution < -0.4 is 10.2 Å². The average molecular weight is 460 g/mol. The number of carbonyl (C=O) groups is 2. The Morgan fingerprint density at radius 3 is 2.56 bits per heavy atom. The minimum atomic E-state index is -0.947. The molecule has 1 heterocycles. The van der Waals surface area contributed by atoms with Crippen molar-refractivity contribution in [2.75, 3.05) is 11.4 Å². The van der Waals surface area contributed by atoms with Gasteiger partial charge in [-0.3, -0.25) is 14.5 Å². The molecule has 1 unspecified atom stereocenters. The summed E-state index contributed by atoms with van der Waals surface area (Å²) in [7, 11) is 0. The summed E-state index contributed by atoms with van der Waals surface area (Å²) in [5.41, 5.74) is 3.92. The summed E-state index contributed by atoms with van der Waals surface area (Å²) in [6.45, 7) is -0.303. The predicted octanol–water partition coefficient (Wildman–Crippen LogP) is 4.98. The number of halogens is 2. The Morgan fingerprint density at radius 1 is 1.00 bits per heavy atom. The SMILES string of the molecule is O=C(NC1CCCc2ccc(-c3ccccc3)cc21)C1=C(O)C(=O)N(c2ccc(F)cc2F)C1. The third-order valence-electron chi connectivity index (χ3n) is 6.40. The van der Waals surface area contributed by atoms with Crippen LogP contribution in [0.3, 0.4) is 0 Å². The molecule has 5 rings (SSSR count). The van der Waals surface area contributed by atoms with Crippen LogP contribution in [0.2, 0.25) is 0 Å². The van der Waals surface area contributed by atoms with Crippen molar-refractivity contribution in [3.8, 4) is 11.1 Å². The van der Waals surface area contributed by atoms with E-state index in [2.05, 4.69) is 23.5 Å². The maximum Gasteiger partial charge on any atom is 0.294 e. The normalized spacial score (nSPS) is 17.6. The fraction of sp³-hybridized carbons (Fsp3) is 0.185. The van der Waals surface area contributed by atoms with Gasteiger partial charge in [-0.05, 0) is 59.7 Å². The fourth-order valence-electron chi connectivity index (χ4n) is 4.64. The van der Waals surface area contributed by atoms with Gasteiger partial charge in [0.1, 0.15) is 11.6 Å². The average Bonchev–Trinajstić information content (AvgIpc) is 3.14. The van der Waals surface area contributed by atoms with Crippen molar-refractivity contribution in [3.63, 3.8) is 0 Å². The maximum atomic E-state index is 14.2. The van der Waals surface area contributed by atoms with Crippen LogP contribution in [0, 0.1) is 11.6 Å². The molecular formula is C27H22F2N2O3. The zero-order valence-corrected chi connectivity index (χ0v) is 18.2. The smallest absolute Gasteiger partial charge is 0.294 e. The standard InChI is InChI=1S/C27H22F2N2O3/c28-19-11-12-24(22(29)14-19)31-15-21(25(32)27(31)34)26(33)30-23-8-4-7-17-9-10-18(13-20(17)23)16-5-2-1-3-6-16/h1-3,5-6,9-14,23,32H,4,7-8,15H2,(H,30,33). The lowest BCUT2D eigenvalue weighted by Crippen LogP contribution is -2.34. The van der Waals surface area contributed by atoms with Crippen molar-refractivity contribution in [1.82, 2.24) is 5.32 Å². The second-order valence-corrected chi connectivity index (χ2v) is 8.51. The third kappa shape index (κ3) is 3.94. The van der Waals surface area contributed by atoms with Gasteiger partial charge >= 0.3 is 0 Å². The van der Waals surface area contributed by atoms with E-state index >= 15 is 0 Å². The number of hydrogen-bond donors (Lipinski definition) is 2. The second-order valence-electron chi connectivity index (χ2n) is 8.51. The van der Waals surface area contributed by atoms with Crippen molar-refractivity contribution in [2.45, 2.75) is 25.3 Å². The van der Waals surface area contributed by atoms with Crippen LogP contribution in [0.1, 0.15) is 30.0 Å². The molecule has 1 atom stereocenters. The van der Waals surface area contributed by atoms with Crippen LogP contribution >= 0.6 is 0 Å². The molecule has 0 radical (unpaired) electrons. The Kier molecular flexibility index (Phi) is 5.61. The van der Waals surface area contributed by atoms with Crippen molar-refractivity contribution in [2.24, 2.45) is 0 Å². The van der Waals surface area contributed by atoms with Crippen molar-refractivity contribution < 1.29 is 23.5 Å². The number of aliphatic hydroxyl groups is 1. The van der Waals surface area contributed by atoms with E-state index in [-0.39, 0.29) is 23.8 Å². The third-order valence-corrected chi connectivity index (χ3v) is 6.40. The molecule has 2 aliphatic rings. The fourth-order valence-corrected chi connectivity index (χ4v) is 4.64. The first-order chi connectivity index (χ1) is 16.4. The number of amides is 2. The van der Waals surface area contributed by atoms with Crippen LogP contribution in [-0.4, -0.2) is 23.5 Å². The van der Waals surface area contributed by atoms with Gasteiger partial charge in [0.2, 0.25) is 0 Å². The molecule has 1 aliphatic heterocycles. The van der Waals surface area contributed by atoms with Gasteiger partial charge in [0.05, 0.1) is 23.8 Å². The van der Waals surface area contributed by atoms with Crippen LogP contribution in [0.5, 0.6) is 0 Å². The van der Waals surface area contributed by atoms with E-state index in [1.807, 2.05) is 30.3 Å². The number of benzene rings is 3. The summed E-state index contributed by atoms with van der Waals surface area (Å²) in [5.74, 6) is -3.94. The van der Waals surface area contributed by atoms with Gasteiger partial charge < -0.3 is 10.4 Å². The first kappa shape index (κ1) is 21.8. The number of aliphatic hydroxyl groups excluding tert-OH is 1. The van der Waals surface area contributed by atoms with Crippen molar-refractivity contribution >= 4 is 17.5 Å². The van der Waals surface area contributed by atoms with Gasteiger partial charge in [0.25, 0.3) is 11.8 Å². The molecule has 34 heavy (non-hydrogen) atoms. The molecule has 172 valence electrons. The van der Waals surface area contributed by atoms with Gasteiger partial charge in [-0.1, -0.05) is 42.5 Å². The highest BCUT2D eigenvalue weighted by Gasteiger charge is 2.37. The Balaban J connectivity index is 1.38. The van der Waals surface area contributed by atoms with Gasteiger partial charge in [-0.25, -0.2) is 8.78 Å². The van der Waals surface area contributed by atoms with E-state index in [0.29, 0.717) is 6.07 Å². The Hall–Kier alpha value is -4.00. The molecule has 5 nitrogen and oxygen atoms in total. The molecular weight excluding hydrogens is 438 g/mol. The van der Waals surface area contributed by atoms with E-state index in [1.54, 1.807) is 0 Å². The molecule has 0 fully saturated rings. The molecule has 0 aromatic heterocycles. The monoisotopic (exact) mass is 460 g/mol. The highest BCUT2D eigenvalue weighted by Crippen LogP contribution is 2.34. The molecule has 7 heteroatoms. The molecule has 2 N–H and O–H groups in total. The summed E-state index contributed by atoms with van der Waals surface area (Å²) in [6, 6.07) is 18.6. The van der Waals surface area contributed by atoms with E-state index in [9.17, 15) is 23.5 Å². The summed E-state index contributed by atoms with van der Waals surface area (Å²) in [6.07, 6.45) is 2.51. The lowest BCUT2D eigenvalue weighted by Gasteiger charge is -2.27. The Bertz CT molecular complexity index is 1320. The largest absolute Gasteiger partial charge is 0.503 e. The molecule has 0 bridgehead atoms. The first-order valence-corrected chi connectivity index (χ1v) is 11.1. The minimum Gasteiger partial charge on any atom is -0.503 e. The Morgan fingerprint density at radius 2 is 1.79 bits per heavy atom. The summed E-state index contributed by atoms with van der Waals surface area (Å²) < 4.78 is 27.5. The van der Waals surface area contributed by atoms with Crippen LogP contribution in [0.15, 0.2) is 78.1 Å². The molecule has 0 saturated heterocycles. The highest BCUT2D eigenvalue weighted by molar-refractivity contribution is 6.14. The van der Waals surface area contributed by atoms with E-state index in [4.69, 9.17) is 0 Å². The number of aryl methyl sites for hydroxylation is 1. The van der Waals surface area contributed by atoms with Gasteiger partial charge in [0, 0.05) is 6.07 Å². The zero-order valence-electron chi connectivity index (χ0n) is 18.2. The zero-order chi connectivity index (χ0) is 23.8. The quantitative estimate of drug-likeness (QED) is 0.577. The van der Waals surface area contributed by atoms with E-state index in [0.717, 1.165) is 58.5 Å². The lowest BCUT2D eigenvalue weighted by molar-refractivity contribution is -0.119. The van der Waals surface area contributed by atoms with Gasteiger partial charge in [-0.2, -0.15) is 0 Å². The van der Waals surface area contributed by atoms with Gasteiger partial charge in [0.15, 0.2) is 5.76 Å². The van der Waals surface area contributed by atoms with Crippen LogP contribution in [0.25, 0.3) is 11.1 Å². The summed E-state index contributed by atoms with van der Waals surface area (Å²) in [5, 5.41) is 13.3. The molecule has 3 aromatic rings. The van der Waals surface area contributed by atoms with E-state index < -0.39 is 29.2 Å². The maximum absolute atomic E-state index is 14.2. The van der Waals surface area contributed by atoms with Gasteiger partial charge in [-0.15, -0.1) is 0 Å². The number of anilines is 1. The molecule has 0 spiro atoms. The second kappa shape index (κ2) is 8.74. The number of nitrogens with zero attached hydrogens (tertiary/aromatic N) is 1. The van der Waals surface area contributed by atoms with Crippen LogP contribution in [0.4, 0.5) is 14.5 Å². The number of nitrogens with one attached hydrogen (secondary N) is 1. The molecule has 1 aliphatic carbocycles. The minimum absolute atomic E-state index is 0.139. The number of rotatable bonds is 4. The van der Waals surface area contributed by atoms with Crippen LogP contribution in [-0.2, 0) is 16.0 Å².